The summed E-state index contributed by atoms with van der Waals surface area (Å²) in [5, 5.41) is 0. The molecule has 18 heavy (non-hydrogen) atoms. The maximum atomic E-state index is 5.80. The Balaban J connectivity index is 1.84. The lowest BCUT2D eigenvalue weighted by molar-refractivity contribution is 0.0531. The van der Waals surface area contributed by atoms with Crippen LogP contribution in [0.15, 0.2) is 42.0 Å². The van der Waals surface area contributed by atoms with Crippen LogP contribution in [0.5, 0.6) is 0 Å². The van der Waals surface area contributed by atoms with Crippen LogP contribution < -0.4 is 0 Å². The van der Waals surface area contributed by atoms with Gasteiger partial charge >= 0.3 is 0 Å². The van der Waals surface area contributed by atoms with E-state index < -0.39 is 0 Å². The Kier molecular flexibility index (Phi) is 3.51. The van der Waals surface area contributed by atoms with Crippen molar-refractivity contribution in [1.29, 1.82) is 0 Å². The molecule has 96 valence electrons. The van der Waals surface area contributed by atoms with E-state index in [2.05, 4.69) is 36.4 Å². The summed E-state index contributed by atoms with van der Waals surface area (Å²) >= 11 is 0. The Morgan fingerprint density at radius 3 is 2.78 bits per heavy atom. The zero-order valence-electron chi connectivity index (χ0n) is 11.1. The third-order valence-corrected chi connectivity index (χ3v) is 4.49. The van der Waals surface area contributed by atoms with Crippen molar-refractivity contribution in [2.24, 2.45) is 11.8 Å². The number of methoxy groups -OCH3 is 1. The van der Waals surface area contributed by atoms with Gasteiger partial charge in [0.2, 0.25) is 0 Å². The molecule has 1 heteroatoms. The van der Waals surface area contributed by atoms with Gasteiger partial charge in [0.05, 0.1) is 6.10 Å². The predicted molar refractivity (Wildman–Crippen MR) is 74.3 cm³/mol. The Hall–Kier alpha value is -1.08. The molecule has 1 aromatic carbocycles. The highest BCUT2D eigenvalue weighted by atomic mass is 16.5. The summed E-state index contributed by atoms with van der Waals surface area (Å²) in [6.07, 6.45) is 9.53. The van der Waals surface area contributed by atoms with Crippen molar-refractivity contribution in [3.8, 4) is 0 Å². The van der Waals surface area contributed by atoms with Crippen LogP contribution in [0.4, 0.5) is 0 Å². The zero-order chi connectivity index (χ0) is 12.4. The highest BCUT2D eigenvalue weighted by molar-refractivity contribution is 5.22. The second-order valence-electron chi connectivity index (χ2n) is 5.75. The predicted octanol–water partition coefficient (Wildman–Crippen LogP) is 4.51. The minimum atomic E-state index is 0.238. The first kappa shape index (κ1) is 12.0. The number of fused-ring (bicyclic) bond motifs is 2. The standard InChI is InChI=1S/C17H22O/c1-18-17(15-8-3-2-4-9-15)16-11-13-6-5-7-14(10-13)12-16/h2-4,8-9,11,14,16-17H,5-7,10,12H2,1H3. The van der Waals surface area contributed by atoms with E-state index in [9.17, 15) is 0 Å². The Labute approximate surface area is 110 Å². The number of hydrogen-bond donors (Lipinski definition) is 0. The van der Waals surface area contributed by atoms with E-state index in [4.69, 9.17) is 4.74 Å². The molecule has 0 radical (unpaired) electrons. The number of allylic oxidation sites excluding steroid dienone is 1. The summed E-state index contributed by atoms with van der Waals surface area (Å²) in [4.78, 5) is 0. The van der Waals surface area contributed by atoms with Crippen LogP contribution in [0.2, 0.25) is 0 Å². The molecule has 2 aliphatic carbocycles. The summed E-state index contributed by atoms with van der Waals surface area (Å²) in [7, 11) is 1.85. The van der Waals surface area contributed by atoms with E-state index in [1.54, 1.807) is 5.57 Å². The maximum absolute atomic E-state index is 5.80. The Morgan fingerprint density at radius 2 is 2.06 bits per heavy atom. The molecule has 1 nitrogen and oxygen atoms in total. The van der Waals surface area contributed by atoms with Crippen molar-refractivity contribution >= 4 is 0 Å². The monoisotopic (exact) mass is 242 g/mol. The van der Waals surface area contributed by atoms with Gasteiger partial charge < -0.3 is 4.74 Å². The molecule has 1 fully saturated rings. The summed E-state index contributed by atoms with van der Waals surface area (Å²) < 4.78 is 5.80. The third-order valence-electron chi connectivity index (χ3n) is 4.49. The average Bonchev–Trinajstić information content (AvgIpc) is 2.40. The highest BCUT2D eigenvalue weighted by Gasteiger charge is 2.30. The first-order valence-corrected chi connectivity index (χ1v) is 7.14. The molecule has 0 heterocycles. The van der Waals surface area contributed by atoms with Gasteiger partial charge in [-0.15, -0.1) is 0 Å². The zero-order valence-corrected chi connectivity index (χ0v) is 11.1. The second-order valence-corrected chi connectivity index (χ2v) is 5.75. The van der Waals surface area contributed by atoms with Crippen LogP contribution in [0.1, 0.15) is 43.8 Å². The number of benzene rings is 1. The summed E-state index contributed by atoms with van der Waals surface area (Å²) in [5.74, 6) is 1.48. The normalized spacial score (nSPS) is 28.6. The minimum Gasteiger partial charge on any atom is -0.376 e. The topological polar surface area (TPSA) is 9.23 Å². The smallest absolute Gasteiger partial charge is 0.0883 e. The van der Waals surface area contributed by atoms with Crippen molar-refractivity contribution < 1.29 is 4.74 Å². The lowest BCUT2D eigenvalue weighted by Crippen LogP contribution is -2.24. The van der Waals surface area contributed by atoms with Gasteiger partial charge in [0, 0.05) is 13.0 Å². The summed E-state index contributed by atoms with van der Waals surface area (Å²) in [5.41, 5.74) is 3.00. The molecule has 3 unspecified atom stereocenters. The average molecular weight is 242 g/mol. The Morgan fingerprint density at radius 1 is 1.22 bits per heavy atom. The molecule has 1 aromatic rings. The first-order valence-electron chi connectivity index (χ1n) is 7.14. The molecule has 3 rings (SSSR count). The van der Waals surface area contributed by atoms with Gasteiger partial charge in [-0.05, 0) is 43.6 Å². The SMILES string of the molecule is COC(c1ccccc1)C1C=C2CCCC(C2)C1. The van der Waals surface area contributed by atoms with Gasteiger partial charge in [0.1, 0.15) is 0 Å². The molecule has 1 saturated carbocycles. The van der Waals surface area contributed by atoms with Gasteiger partial charge in [-0.2, -0.15) is 0 Å². The van der Waals surface area contributed by atoms with Crippen LogP contribution in [-0.2, 0) is 4.74 Å². The van der Waals surface area contributed by atoms with Crippen molar-refractivity contribution in [3.63, 3.8) is 0 Å². The number of hydrogen-bond acceptors (Lipinski definition) is 1. The fourth-order valence-electron chi connectivity index (χ4n) is 3.71. The van der Waals surface area contributed by atoms with E-state index in [0.717, 1.165) is 5.92 Å². The lowest BCUT2D eigenvalue weighted by Gasteiger charge is -2.36. The van der Waals surface area contributed by atoms with Gasteiger partial charge in [0.15, 0.2) is 0 Å². The van der Waals surface area contributed by atoms with E-state index in [0.29, 0.717) is 5.92 Å². The largest absolute Gasteiger partial charge is 0.376 e. The van der Waals surface area contributed by atoms with Crippen LogP contribution >= 0.6 is 0 Å². The summed E-state index contributed by atoms with van der Waals surface area (Å²) in [6.45, 7) is 0. The molecule has 0 aromatic heterocycles. The highest BCUT2D eigenvalue weighted by Crippen LogP contribution is 2.43. The maximum Gasteiger partial charge on any atom is 0.0883 e. The molecule has 0 N–H and O–H groups in total. The van der Waals surface area contributed by atoms with E-state index in [1.807, 2.05) is 7.11 Å². The molecule has 0 saturated heterocycles. The van der Waals surface area contributed by atoms with Crippen molar-refractivity contribution in [2.75, 3.05) is 7.11 Å². The molecule has 3 atom stereocenters. The molecular weight excluding hydrogens is 220 g/mol. The van der Waals surface area contributed by atoms with Crippen molar-refractivity contribution in [3.05, 3.63) is 47.5 Å². The molecule has 0 aliphatic heterocycles. The molecular formula is C17H22O. The third kappa shape index (κ3) is 2.37. The first-order chi connectivity index (χ1) is 8.86. The van der Waals surface area contributed by atoms with Gasteiger partial charge in [0.25, 0.3) is 0 Å². The second kappa shape index (κ2) is 5.27. The molecule has 0 spiro atoms. The quantitative estimate of drug-likeness (QED) is 0.709. The van der Waals surface area contributed by atoms with E-state index in [1.165, 1.54) is 37.7 Å². The van der Waals surface area contributed by atoms with Gasteiger partial charge in [-0.1, -0.05) is 42.0 Å². The fraction of sp³-hybridized carbons (Fsp3) is 0.529. The van der Waals surface area contributed by atoms with Crippen LogP contribution in [0, 0.1) is 11.8 Å². The molecule has 0 amide bonds. The van der Waals surface area contributed by atoms with Crippen molar-refractivity contribution in [2.45, 2.75) is 38.2 Å². The Bertz CT molecular complexity index is 420. The summed E-state index contributed by atoms with van der Waals surface area (Å²) in [6, 6.07) is 10.7. The van der Waals surface area contributed by atoms with Crippen LogP contribution in [-0.4, -0.2) is 7.11 Å². The van der Waals surface area contributed by atoms with Crippen LogP contribution in [0.3, 0.4) is 0 Å². The lowest BCUT2D eigenvalue weighted by atomic mass is 9.72. The number of rotatable bonds is 3. The van der Waals surface area contributed by atoms with E-state index >= 15 is 0 Å². The molecule has 2 bridgehead atoms. The minimum absolute atomic E-state index is 0.238. The molecule has 2 aliphatic rings. The number of ether oxygens (including phenoxy) is 1. The van der Waals surface area contributed by atoms with Gasteiger partial charge in [-0.25, -0.2) is 0 Å². The van der Waals surface area contributed by atoms with Crippen molar-refractivity contribution in [1.82, 2.24) is 0 Å². The van der Waals surface area contributed by atoms with Crippen LogP contribution in [0.25, 0.3) is 0 Å². The fourth-order valence-corrected chi connectivity index (χ4v) is 3.71. The van der Waals surface area contributed by atoms with E-state index in [-0.39, 0.29) is 6.10 Å². The van der Waals surface area contributed by atoms with Gasteiger partial charge in [-0.3, -0.25) is 0 Å².